The number of carbonyl (C=O) groups excluding carboxylic acids is 1. The zero-order valence-corrected chi connectivity index (χ0v) is 14.4. The average Bonchev–Trinajstić information content (AvgIpc) is 2.33. The number of hydrogen-bond donors (Lipinski definition) is 2. The van der Waals surface area contributed by atoms with E-state index in [9.17, 15) is 14.7 Å². The van der Waals surface area contributed by atoms with Gasteiger partial charge in [0.25, 0.3) is 0 Å². The van der Waals surface area contributed by atoms with Gasteiger partial charge in [0, 0.05) is 0 Å². The predicted molar refractivity (Wildman–Crippen MR) is 86.0 cm³/mol. The maximum Gasteiger partial charge on any atom is 0.408 e. The Balaban J connectivity index is 1.66. The second-order valence-corrected chi connectivity index (χ2v) is 9.16. The van der Waals surface area contributed by atoms with E-state index in [0.717, 1.165) is 37.0 Å². The SMILES string of the molecule is CC(C)(C)OC(=O)N[C@@H](CC12CC3CC(CC(C3)C1)C2)C(=O)O. The van der Waals surface area contributed by atoms with Crippen LogP contribution in [0, 0.1) is 23.2 Å². The summed E-state index contributed by atoms with van der Waals surface area (Å²) in [5, 5.41) is 12.1. The summed E-state index contributed by atoms with van der Waals surface area (Å²) in [5.74, 6) is 1.37. The second-order valence-electron chi connectivity index (χ2n) is 9.16. The number of hydrogen-bond acceptors (Lipinski definition) is 3. The van der Waals surface area contributed by atoms with Crippen molar-refractivity contribution in [2.75, 3.05) is 0 Å². The molecule has 4 aliphatic carbocycles. The van der Waals surface area contributed by atoms with Crippen LogP contribution < -0.4 is 5.32 Å². The van der Waals surface area contributed by atoms with Crippen LogP contribution in [0.25, 0.3) is 0 Å². The number of carbonyl (C=O) groups is 2. The van der Waals surface area contributed by atoms with Gasteiger partial charge in [0.05, 0.1) is 0 Å². The monoisotopic (exact) mass is 323 g/mol. The first kappa shape index (κ1) is 16.6. The molecule has 0 spiro atoms. The van der Waals surface area contributed by atoms with E-state index < -0.39 is 23.7 Å². The van der Waals surface area contributed by atoms with Gasteiger partial charge in [-0.25, -0.2) is 9.59 Å². The Morgan fingerprint density at radius 1 is 1.13 bits per heavy atom. The third-order valence-electron chi connectivity index (χ3n) is 5.79. The van der Waals surface area contributed by atoms with Crippen molar-refractivity contribution in [2.24, 2.45) is 23.2 Å². The molecule has 4 aliphatic rings. The standard InChI is InChI=1S/C18H29NO4/c1-17(2,3)23-16(22)19-14(15(20)21)10-18-7-11-4-12(8-18)6-13(5-11)9-18/h11-14H,4-10H2,1-3H3,(H,19,22)(H,20,21)/t11?,12?,13?,14-,18?/m0/s1. The lowest BCUT2D eigenvalue weighted by Gasteiger charge is -2.57. The van der Waals surface area contributed by atoms with E-state index in [1.807, 2.05) is 0 Å². The van der Waals surface area contributed by atoms with Crippen LogP contribution in [0.15, 0.2) is 0 Å². The van der Waals surface area contributed by atoms with Crippen molar-refractivity contribution in [1.82, 2.24) is 5.32 Å². The Kier molecular flexibility index (Phi) is 4.09. The minimum Gasteiger partial charge on any atom is -0.480 e. The largest absolute Gasteiger partial charge is 0.480 e. The van der Waals surface area contributed by atoms with E-state index in [-0.39, 0.29) is 5.41 Å². The Labute approximate surface area is 138 Å². The number of alkyl carbamates (subject to hydrolysis) is 1. The molecule has 1 amide bonds. The lowest BCUT2D eigenvalue weighted by Crippen LogP contribution is -2.51. The summed E-state index contributed by atoms with van der Waals surface area (Å²) in [5.41, 5.74) is -0.499. The van der Waals surface area contributed by atoms with E-state index in [2.05, 4.69) is 5.32 Å². The van der Waals surface area contributed by atoms with Gasteiger partial charge in [0.1, 0.15) is 11.6 Å². The van der Waals surface area contributed by atoms with Crippen LogP contribution in [0.3, 0.4) is 0 Å². The molecule has 4 fully saturated rings. The Bertz CT molecular complexity index is 458. The summed E-state index contributed by atoms with van der Waals surface area (Å²) in [6, 6.07) is -0.846. The summed E-state index contributed by atoms with van der Waals surface area (Å²) in [6.07, 6.45) is 7.32. The van der Waals surface area contributed by atoms with Gasteiger partial charge in [-0.3, -0.25) is 0 Å². The van der Waals surface area contributed by atoms with Crippen molar-refractivity contribution < 1.29 is 19.4 Å². The summed E-state index contributed by atoms with van der Waals surface area (Å²) in [4.78, 5) is 23.6. The van der Waals surface area contributed by atoms with Gasteiger partial charge in [-0.05, 0) is 88.9 Å². The molecule has 0 aromatic rings. The van der Waals surface area contributed by atoms with Crippen LogP contribution in [0.4, 0.5) is 4.79 Å². The van der Waals surface area contributed by atoms with Crippen molar-refractivity contribution in [3.8, 4) is 0 Å². The summed E-state index contributed by atoms with van der Waals surface area (Å²) in [7, 11) is 0. The number of carboxylic acids is 1. The highest BCUT2D eigenvalue weighted by Crippen LogP contribution is 2.61. The van der Waals surface area contributed by atoms with Crippen molar-refractivity contribution in [2.45, 2.75) is 77.4 Å². The van der Waals surface area contributed by atoms with Crippen LogP contribution in [-0.4, -0.2) is 28.8 Å². The van der Waals surface area contributed by atoms with E-state index in [0.29, 0.717) is 6.42 Å². The van der Waals surface area contributed by atoms with Crippen LogP contribution in [0.1, 0.15) is 65.7 Å². The minimum absolute atomic E-state index is 0.118. The molecule has 1 atom stereocenters. The van der Waals surface area contributed by atoms with Crippen molar-refractivity contribution in [3.63, 3.8) is 0 Å². The molecule has 0 saturated heterocycles. The molecule has 2 N–H and O–H groups in total. The molecule has 4 bridgehead atoms. The third-order valence-corrected chi connectivity index (χ3v) is 5.79. The molecule has 0 aromatic heterocycles. The fourth-order valence-electron chi connectivity index (χ4n) is 5.62. The normalized spacial score (nSPS) is 36.6. The summed E-state index contributed by atoms with van der Waals surface area (Å²) in [6.45, 7) is 5.34. The van der Waals surface area contributed by atoms with Crippen molar-refractivity contribution >= 4 is 12.1 Å². The molecule has 4 saturated carbocycles. The van der Waals surface area contributed by atoms with E-state index in [1.54, 1.807) is 20.8 Å². The first-order chi connectivity index (χ1) is 10.6. The Morgan fingerprint density at radius 3 is 2.00 bits per heavy atom. The first-order valence-electron chi connectivity index (χ1n) is 8.86. The maximum atomic E-state index is 12.0. The van der Waals surface area contributed by atoms with Gasteiger partial charge in [-0.15, -0.1) is 0 Å². The molecule has 5 heteroatoms. The number of nitrogens with one attached hydrogen (secondary N) is 1. The molecular weight excluding hydrogens is 294 g/mol. The zero-order chi connectivity index (χ0) is 16.8. The average molecular weight is 323 g/mol. The van der Waals surface area contributed by atoms with Crippen LogP contribution in [0.2, 0.25) is 0 Å². The summed E-state index contributed by atoms with van der Waals surface area (Å²) < 4.78 is 5.23. The molecule has 4 rings (SSSR count). The van der Waals surface area contributed by atoms with Crippen molar-refractivity contribution in [1.29, 1.82) is 0 Å². The molecule has 0 aliphatic heterocycles. The van der Waals surface area contributed by atoms with E-state index in [4.69, 9.17) is 4.74 Å². The number of ether oxygens (including phenoxy) is 1. The first-order valence-corrected chi connectivity index (χ1v) is 8.86. The van der Waals surface area contributed by atoms with Crippen LogP contribution >= 0.6 is 0 Å². The fraction of sp³-hybridized carbons (Fsp3) is 0.889. The smallest absolute Gasteiger partial charge is 0.408 e. The molecule has 5 nitrogen and oxygen atoms in total. The molecule has 0 radical (unpaired) electrons. The highest BCUT2D eigenvalue weighted by atomic mass is 16.6. The van der Waals surface area contributed by atoms with Crippen molar-refractivity contribution in [3.05, 3.63) is 0 Å². The highest BCUT2D eigenvalue weighted by Gasteiger charge is 2.52. The third kappa shape index (κ3) is 3.81. The van der Waals surface area contributed by atoms with E-state index >= 15 is 0 Å². The van der Waals surface area contributed by atoms with Gasteiger partial charge < -0.3 is 15.2 Å². The lowest BCUT2D eigenvalue weighted by molar-refractivity contribution is -0.142. The number of amides is 1. The molecule has 0 heterocycles. The van der Waals surface area contributed by atoms with Gasteiger partial charge in [-0.2, -0.15) is 0 Å². The molecule has 0 aromatic carbocycles. The van der Waals surface area contributed by atoms with Crippen LogP contribution in [-0.2, 0) is 9.53 Å². The highest BCUT2D eigenvalue weighted by molar-refractivity contribution is 5.80. The molecule has 0 unspecified atom stereocenters. The number of rotatable bonds is 4. The van der Waals surface area contributed by atoms with Gasteiger partial charge in [0.15, 0.2) is 0 Å². The Hall–Kier alpha value is -1.26. The number of carboxylic acid groups (broad SMARTS) is 1. The lowest BCUT2D eigenvalue weighted by atomic mass is 9.48. The quantitative estimate of drug-likeness (QED) is 0.829. The molecule has 23 heavy (non-hydrogen) atoms. The summed E-state index contributed by atoms with van der Waals surface area (Å²) >= 11 is 0. The Morgan fingerprint density at radius 2 is 1.61 bits per heavy atom. The van der Waals surface area contributed by atoms with Gasteiger partial charge >= 0.3 is 12.1 Å². The minimum atomic E-state index is -0.952. The second kappa shape index (κ2) is 5.67. The van der Waals surface area contributed by atoms with Gasteiger partial charge in [-0.1, -0.05) is 0 Å². The van der Waals surface area contributed by atoms with Gasteiger partial charge in [0.2, 0.25) is 0 Å². The maximum absolute atomic E-state index is 12.0. The fourth-order valence-corrected chi connectivity index (χ4v) is 5.62. The molecular formula is C18H29NO4. The number of aliphatic carboxylic acids is 1. The molecule has 130 valence electrons. The van der Waals surface area contributed by atoms with Crippen LogP contribution in [0.5, 0.6) is 0 Å². The zero-order valence-electron chi connectivity index (χ0n) is 14.4. The topological polar surface area (TPSA) is 75.6 Å². The predicted octanol–water partition coefficient (Wildman–Crippen LogP) is 3.57. The van der Waals surface area contributed by atoms with E-state index in [1.165, 1.54) is 19.3 Å².